The number of aliphatic carboxylic acids is 1. The molecular formula is C13H17BrN2O5. The summed E-state index contributed by atoms with van der Waals surface area (Å²) in [6.07, 6.45) is -0.118. The molecule has 0 saturated heterocycles. The van der Waals surface area contributed by atoms with E-state index >= 15 is 0 Å². The molecule has 1 aromatic rings. The van der Waals surface area contributed by atoms with Crippen molar-refractivity contribution < 1.29 is 24.2 Å². The van der Waals surface area contributed by atoms with Crippen LogP contribution in [-0.4, -0.2) is 49.8 Å². The minimum atomic E-state index is -0.959. The van der Waals surface area contributed by atoms with Gasteiger partial charge < -0.3 is 24.8 Å². The Morgan fingerprint density at radius 3 is 2.43 bits per heavy atom. The number of hydrogen-bond acceptors (Lipinski definition) is 4. The van der Waals surface area contributed by atoms with E-state index in [1.165, 1.54) is 26.2 Å². The fourth-order valence-electron chi connectivity index (χ4n) is 1.53. The van der Waals surface area contributed by atoms with Crippen molar-refractivity contribution in [3.05, 3.63) is 16.6 Å². The molecule has 2 N–H and O–H groups in total. The molecule has 2 amide bonds. The van der Waals surface area contributed by atoms with E-state index in [0.29, 0.717) is 21.7 Å². The fraction of sp³-hybridized carbons (Fsp3) is 0.385. The quantitative estimate of drug-likeness (QED) is 0.813. The van der Waals surface area contributed by atoms with Crippen molar-refractivity contribution in [3.63, 3.8) is 0 Å². The summed E-state index contributed by atoms with van der Waals surface area (Å²) in [6, 6.07) is 2.86. The number of amides is 2. The van der Waals surface area contributed by atoms with E-state index in [0.717, 1.165) is 0 Å². The normalized spacial score (nSPS) is 9.90. The van der Waals surface area contributed by atoms with Crippen molar-refractivity contribution in [1.29, 1.82) is 0 Å². The van der Waals surface area contributed by atoms with E-state index in [1.807, 2.05) is 0 Å². The maximum Gasteiger partial charge on any atom is 0.321 e. The molecule has 1 aromatic carbocycles. The van der Waals surface area contributed by atoms with Crippen LogP contribution < -0.4 is 14.8 Å². The number of halogens is 1. The van der Waals surface area contributed by atoms with Crippen LogP contribution in [0.3, 0.4) is 0 Å². The number of carbonyl (C=O) groups excluding carboxylic acids is 1. The number of methoxy groups -OCH3 is 2. The van der Waals surface area contributed by atoms with Crippen LogP contribution in [0.2, 0.25) is 0 Å². The van der Waals surface area contributed by atoms with Crippen molar-refractivity contribution in [2.75, 3.05) is 33.1 Å². The standard InChI is InChI=1S/C13H17BrN2O5/c1-16(5-4-12(17)18)13(19)15-9-6-8(14)10(20-2)7-11(9)21-3/h6-7H,4-5H2,1-3H3,(H,15,19)(H,17,18). The van der Waals surface area contributed by atoms with Gasteiger partial charge >= 0.3 is 12.0 Å². The lowest BCUT2D eigenvalue weighted by atomic mass is 10.2. The predicted octanol–water partition coefficient (Wildman–Crippen LogP) is 2.40. The van der Waals surface area contributed by atoms with Crippen LogP contribution in [0, 0.1) is 0 Å². The highest BCUT2D eigenvalue weighted by Gasteiger charge is 2.15. The molecule has 0 bridgehead atoms. The number of nitrogens with zero attached hydrogens (tertiary/aromatic N) is 1. The Labute approximate surface area is 131 Å². The van der Waals surface area contributed by atoms with Gasteiger partial charge in [0.05, 0.1) is 30.8 Å². The summed E-state index contributed by atoms with van der Waals surface area (Å²) >= 11 is 3.32. The van der Waals surface area contributed by atoms with Crippen LogP contribution in [0.1, 0.15) is 6.42 Å². The number of ether oxygens (including phenoxy) is 2. The maximum absolute atomic E-state index is 12.0. The lowest BCUT2D eigenvalue weighted by molar-refractivity contribution is -0.137. The number of anilines is 1. The Kier molecular flexibility index (Phi) is 6.29. The molecule has 0 saturated carbocycles. The molecule has 1 rings (SSSR count). The van der Waals surface area contributed by atoms with Crippen LogP contribution in [0.5, 0.6) is 11.5 Å². The number of hydrogen-bond donors (Lipinski definition) is 2. The van der Waals surface area contributed by atoms with E-state index in [2.05, 4.69) is 21.2 Å². The number of carboxylic acid groups (broad SMARTS) is 1. The van der Waals surface area contributed by atoms with Crippen molar-refractivity contribution in [2.45, 2.75) is 6.42 Å². The minimum Gasteiger partial charge on any atom is -0.495 e. The molecule has 7 nitrogen and oxygen atoms in total. The molecule has 0 spiro atoms. The van der Waals surface area contributed by atoms with Crippen molar-refractivity contribution in [2.24, 2.45) is 0 Å². The van der Waals surface area contributed by atoms with Crippen LogP contribution >= 0.6 is 15.9 Å². The largest absolute Gasteiger partial charge is 0.495 e. The summed E-state index contributed by atoms with van der Waals surface area (Å²) < 4.78 is 11.0. The molecule has 21 heavy (non-hydrogen) atoms. The Balaban J connectivity index is 2.84. The zero-order valence-electron chi connectivity index (χ0n) is 12.0. The summed E-state index contributed by atoms with van der Waals surface area (Å²) in [6.45, 7) is 0.112. The predicted molar refractivity (Wildman–Crippen MR) is 81.1 cm³/mol. The first-order valence-electron chi connectivity index (χ1n) is 6.04. The summed E-state index contributed by atoms with van der Waals surface area (Å²) in [5, 5.41) is 11.3. The fourth-order valence-corrected chi connectivity index (χ4v) is 2.04. The van der Waals surface area contributed by atoms with Crippen molar-refractivity contribution >= 4 is 33.6 Å². The first-order chi connectivity index (χ1) is 9.88. The van der Waals surface area contributed by atoms with E-state index in [-0.39, 0.29) is 13.0 Å². The van der Waals surface area contributed by atoms with Gasteiger partial charge in [0, 0.05) is 19.7 Å². The Morgan fingerprint density at radius 2 is 1.90 bits per heavy atom. The summed E-state index contributed by atoms with van der Waals surface area (Å²) in [7, 11) is 4.52. The Bertz CT molecular complexity index is 536. The van der Waals surface area contributed by atoms with E-state index in [9.17, 15) is 9.59 Å². The van der Waals surface area contributed by atoms with Gasteiger partial charge in [0.15, 0.2) is 0 Å². The zero-order valence-corrected chi connectivity index (χ0v) is 13.6. The van der Waals surface area contributed by atoms with Gasteiger partial charge in [0.1, 0.15) is 11.5 Å². The average Bonchev–Trinajstić information content (AvgIpc) is 2.44. The average molecular weight is 361 g/mol. The second-order valence-corrected chi connectivity index (χ2v) is 5.04. The molecule has 0 atom stereocenters. The van der Waals surface area contributed by atoms with Gasteiger partial charge in [0.2, 0.25) is 0 Å². The van der Waals surface area contributed by atoms with E-state index in [4.69, 9.17) is 14.6 Å². The molecule has 0 aliphatic rings. The van der Waals surface area contributed by atoms with Gasteiger partial charge in [-0.2, -0.15) is 0 Å². The van der Waals surface area contributed by atoms with Crippen LogP contribution in [0.4, 0.5) is 10.5 Å². The lowest BCUT2D eigenvalue weighted by Crippen LogP contribution is -2.33. The molecule has 0 fully saturated rings. The third-order valence-electron chi connectivity index (χ3n) is 2.72. The summed E-state index contributed by atoms with van der Waals surface area (Å²) in [5.41, 5.74) is 0.456. The molecule has 0 unspecified atom stereocenters. The molecule has 0 aliphatic carbocycles. The number of rotatable bonds is 6. The van der Waals surface area contributed by atoms with Crippen LogP contribution in [0.15, 0.2) is 16.6 Å². The summed E-state index contributed by atoms with van der Waals surface area (Å²) in [4.78, 5) is 23.8. The molecule has 8 heteroatoms. The highest BCUT2D eigenvalue weighted by atomic mass is 79.9. The molecular weight excluding hydrogens is 344 g/mol. The third-order valence-corrected chi connectivity index (χ3v) is 3.34. The van der Waals surface area contributed by atoms with Gasteiger partial charge in [-0.3, -0.25) is 4.79 Å². The maximum atomic E-state index is 12.0. The molecule has 0 aromatic heterocycles. The third kappa shape index (κ3) is 4.82. The Morgan fingerprint density at radius 1 is 1.29 bits per heavy atom. The number of carbonyl (C=O) groups is 2. The topological polar surface area (TPSA) is 88.1 Å². The second-order valence-electron chi connectivity index (χ2n) is 4.18. The zero-order chi connectivity index (χ0) is 16.0. The van der Waals surface area contributed by atoms with E-state index < -0.39 is 12.0 Å². The van der Waals surface area contributed by atoms with Crippen molar-refractivity contribution in [1.82, 2.24) is 4.90 Å². The van der Waals surface area contributed by atoms with Crippen LogP contribution in [-0.2, 0) is 4.79 Å². The smallest absolute Gasteiger partial charge is 0.321 e. The van der Waals surface area contributed by atoms with Gasteiger partial charge in [-0.15, -0.1) is 0 Å². The number of urea groups is 1. The van der Waals surface area contributed by atoms with Gasteiger partial charge in [-0.25, -0.2) is 4.79 Å². The molecule has 116 valence electrons. The lowest BCUT2D eigenvalue weighted by Gasteiger charge is -2.19. The highest BCUT2D eigenvalue weighted by molar-refractivity contribution is 9.10. The number of benzene rings is 1. The first kappa shape index (κ1) is 17.1. The number of nitrogens with one attached hydrogen (secondary N) is 1. The van der Waals surface area contributed by atoms with Gasteiger partial charge in [-0.05, 0) is 22.0 Å². The Hall–Kier alpha value is -1.96. The first-order valence-corrected chi connectivity index (χ1v) is 6.83. The SMILES string of the molecule is COc1cc(OC)c(NC(=O)N(C)CCC(=O)O)cc1Br. The van der Waals surface area contributed by atoms with Gasteiger partial charge in [0.25, 0.3) is 0 Å². The van der Waals surface area contributed by atoms with E-state index in [1.54, 1.807) is 12.1 Å². The molecule has 0 heterocycles. The second kappa shape index (κ2) is 7.72. The minimum absolute atomic E-state index is 0.112. The summed E-state index contributed by atoms with van der Waals surface area (Å²) in [5.74, 6) is 0.0542. The number of carboxylic acids is 1. The van der Waals surface area contributed by atoms with Crippen molar-refractivity contribution in [3.8, 4) is 11.5 Å². The monoisotopic (exact) mass is 360 g/mol. The molecule has 0 aliphatic heterocycles. The highest BCUT2D eigenvalue weighted by Crippen LogP contribution is 2.36. The van der Waals surface area contributed by atoms with Gasteiger partial charge in [-0.1, -0.05) is 0 Å². The molecule has 0 radical (unpaired) electrons. The van der Waals surface area contributed by atoms with Crippen LogP contribution in [0.25, 0.3) is 0 Å².